The van der Waals surface area contributed by atoms with Crippen LogP contribution in [0.3, 0.4) is 0 Å². The van der Waals surface area contributed by atoms with Crippen LogP contribution in [0.4, 0.5) is 5.69 Å². The third kappa shape index (κ3) is 2.45. The molecule has 1 saturated heterocycles. The van der Waals surface area contributed by atoms with E-state index in [-0.39, 0.29) is 6.61 Å². The lowest BCUT2D eigenvalue weighted by Crippen LogP contribution is -2.05. The number of fused-ring (bicyclic) bond motifs is 1. The van der Waals surface area contributed by atoms with Crippen molar-refractivity contribution in [3.05, 3.63) is 48.0 Å². The highest BCUT2D eigenvalue weighted by Gasteiger charge is 2.24. The van der Waals surface area contributed by atoms with Crippen molar-refractivity contribution in [1.82, 2.24) is 9.55 Å². The molecule has 3 aromatic rings. The minimum Gasteiger partial charge on any atom is -0.398 e. The van der Waals surface area contributed by atoms with Crippen molar-refractivity contribution in [3.63, 3.8) is 0 Å². The van der Waals surface area contributed by atoms with E-state index in [1.54, 1.807) is 0 Å². The van der Waals surface area contributed by atoms with E-state index in [1.807, 2.05) is 47.0 Å². The molecule has 3 N–H and O–H groups in total. The zero-order valence-corrected chi connectivity index (χ0v) is 13.2. The molecule has 0 saturated carbocycles. The van der Waals surface area contributed by atoms with Crippen molar-refractivity contribution in [2.45, 2.75) is 12.8 Å². The molecule has 1 aliphatic heterocycles. The number of ether oxygens (including phenoxy) is 2. The van der Waals surface area contributed by atoms with E-state index in [4.69, 9.17) is 20.2 Å². The number of benzene rings is 2. The number of anilines is 1. The van der Waals surface area contributed by atoms with Crippen LogP contribution >= 0.6 is 0 Å². The topological polar surface area (TPSA) is 82.5 Å². The molecule has 1 aromatic heterocycles. The summed E-state index contributed by atoms with van der Waals surface area (Å²) in [6.07, 6.45) is -0.396. The number of nitrogen functional groups attached to an aromatic ring is 1. The SMILES string of the molecule is Nc1ccccc1-c1nc2c(C3OCCO3)cccc2n1CCO. The second-order valence-electron chi connectivity index (χ2n) is 5.69. The zero-order valence-electron chi connectivity index (χ0n) is 13.2. The summed E-state index contributed by atoms with van der Waals surface area (Å²) in [4.78, 5) is 4.82. The summed E-state index contributed by atoms with van der Waals surface area (Å²) in [7, 11) is 0. The minimum atomic E-state index is -0.396. The summed E-state index contributed by atoms with van der Waals surface area (Å²) in [5.41, 5.74) is 10.3. The van der Waals surface area contributed by atoms with Gasteiger partial charge in [0.2, 0.25) is 0 Å². The number of aliphatic hydroxyl groups excluding tert-OH is 1. The number of rotatable bonds is 4. The van der Waals surface area contributed by atoms with Gasteiger partial charge in [-0.1, -0.05) is 24.3 Å². The van der Waals surface area contributed by atoms with Crippen LogP contribution in [0.5, 0.6) is 0 Å². The second-order valence-corrected chi connectivity index (χ2v) is 5.69. The molecule has 6 heteroatoms. The Balaban J connectivity index is 1.95. The molecule has 1 aliphatic rings. The van der Waals surface area contributed by atoms with Gasteiger partial charge in [0.25, 0.3) is 0 Å². The number of aliphatic hydroxyl groups is 1. The molecule has 0 aliphatic carbocycles. The first-order chi connectivity index (χ1) is 11.8. The van der Waals surface area contributed by atoms with Gasteiger partial charge >= 0.3 is 0 Å². The Morgan fingerprint density at radius 1 is 1.12 bits per heavy atom. The Bertz CT molecular complexity index is 869. The summed E-state index contributed by atoms with van der Waals surface area (Å²) < 4.78 is 13.3. The summed E-state index contributed by atoms with van der Waals surface area (Å²) >= 11 is 0. The number of para-hydroxylation sites is 2. The molecular formula is C18H19N3O3. The van der Waals surface area contributed by atoms with Gasteiger partial charge in [-0.25, -0.2) is 4.98 Å². The van der Waals surface area contributed by atoms with Gasteiger partial charge in [0.1, 0.15) is 5.82 Å². The first kappa shape index (κ1) is 15.1. The number of nitrogens with zero attached hydrogens (tertiary/aromatic N) is 2. The predicted octanol–water partition coefficient (Wildman–Crippen LogP) is 2.32. The van der Waals surface area contributed by atoms with Gasteiger partial charge in [0.15, 0.2) is 6.29 Å². The van der Waals surface area contributed by atoms with Crippen LogP contribution in [-0.4, -0.2) is 34.5 Å². The number of aromatic nitrogens is 2. The average Bonchev–Trinajstić information content (AvgIpc) is 3.24. The molecule has 2 aromatic carbocycles. The number of hydrogen-bond donors (Lipinski definition) is 2. The minimum absolute atomic E-state index is 0.0197. The maximum atomic E-state index is 9.49. The maximum absolute atomic E-state index is 9.49. The van der Waals surface area contributed by atoms with E-state index in [2.05, 4.69) is 0 Å². The van der Waals surface area contributed by atoms with Gasteiger partial charge < -0.3 is 24.9 Å². The summed E-state index contributed by atoms with van der Waals surface area (Å²) in [5, 5.41) is 9.49. The molecule has 0 unspecified atom stereocenters. The van der Waals surface area contributed by atoms with Gasteiger partial charge in [-0.15, -0.1) is 0 Å². The second kappa shape index (κ2) is 6.24. The lowest BCUT2D eigenvalue weighted by atomic mass is 10.1. The van der Waals surface area contributed by atoms with E-state index >= 15 is 0 Å². The van der Waals surface area contributed by atoms with Crippen LogP contribution in [0.25, 0.3) is 22.4 Å². The Kier molecular flexibility index (Phi) is 3.93. The molecule has 0 bridgehead atoms. The van der Waals surface area contributed by atoms with Crippen LogP contribution in [-0.2, 0) is 16.0 Å². The molecule has 6 nitrogen and oxygen atoms in total. The molecule has 0 spiro atoms. The van der Waals surface area contributed by atoms with Crippen LogP contribution in [0, 0.1) is 0 Å². The van der Waals surface area contributed by atoms with Gasteiger partial charge in [-0.2, -0.15) is 0 Å². The highest BCUT2D eigenvalue weighted by Crippen LogP contribution is 2.34. The Morgan fingerprint density at radius 3 is 2.67 bits per heavy atom. The third-order valence-corrected chi connectivity index (χ3v) is 4.21. The molecule has 1 fully saturated rings. The normalized spacial score (nSPS) is 15.4. The van der Waals surface area contributed by atoms with E-state index < -0.39 is 6.29 Å². The summed E-state index contributed by atoms with van der Waals surface area (Å²) in [5.74, 6) is 0.739. The first-order valence-electron chi connectivity index (χ1n) is 7.97. The zero-order chi connectivity index (χ0) is 16.5. The fourth-order valence-electron chi connectivity index (χ4n) is 3.13. The predicted molar refractivity (Wildman–Crippen MR) is 91.3 cm³/mol. The van der Waals surface area contributed by atoms with Crippen molar-refractivity contribution in [2.75, 3.05) is 25.6 Å². The van der Waals surface area contributed by atoms with Crippen molar-refractivity contribution in [2.24, 2.45) is 0 Å². The lowest BCUT2D eigenvalue weighted by molar-refractivity contribution is -0.0431. The van der Waals surface area contributed by atoms with Crippen LogP contribution < -0.4 is 5.73 Å². The van der Waals surface area contributed by atoms with Gasteiger partial charge in [0, 0.05) is 23.4 Å². The fourth-order valence-corrected chi connectivity index (χ4v) is 3.13. The number of nitrogens with two attached hydrogens (primary N) is 1. The molecule has 4 rings (SSSR count). The Labute approximate surface area is 139 Å². The summed E-state index contributed by atoms with van der Waals surface area (Å²) in [6.45, 7) is 1.62. The smallest absolute Gasteiger partial charge is 0.186 e. The first-order valence-corrected chi connectivity index (χ1v) is 7.97. The molecule has 24 heavy (non-hydrogen) atoms. The van der Waals surface area contributed by atoms with Crippen LogP contribution in [0.2, 0.25) is 0 Å². The summed E-state index contributed by atoms with van der Waals surface area (Å²) in [6, 6.07) is 13.5. The number of hydrogen-bond acceptors (Lipinski definition) is 5. The van der Waals surface area contributed by atoms with Crippen LogP contribution in [0.15, 0.2) is 42.5 Å². The molecule has 124 valence electrons. The van der Waals surface area contributed by atoms with Crippen molar-refractivity contribution in [1.29, 1.82) is 0 Å². The molecule has 0 radical (unpaired) electrons. The molecular weight excluding hydrogens is 306 g/mol. The van der Waals surface area contributed by atoms with Gasteiger partial charge in [0.05, 0.1) is 30.9 Å². The standard InChI is InChI=1S/C18H19N3O3/c19-14-6-2-1-4-12(14)17-20-16-13(18-23-10-11-24-18)5-3-7-15(16)21(17)8-9-22/h1-7,18,22H,8-11,19H2. The van der Waals surface area contributed by atoms with Crippen molar-refractivity contribution >= 4 is 16.7 Å². The quantitative estimate of drug-likeness (QED) is 0.719. The van der Waals surface area contributed by atoms with E-state index in [1.165, 1.54) is 0 Å². The Morgan fingerprint density at radius 2 is 1.92 bits per heavy atom. The highest BCUT2D eigenvalue weighted by atomic mass is 16.7. The molecule has 2 heterocycles. The molecule has 0 atom stereocenters. The van der Waals surface area contributed by atoms with E-state index in [0.717, 1.165) is 28.0 Å². The third-order valence-electron chi connectivity index (χ3n) is 4.21. The van der Waals surface area contributed by atoms with Crippen molar-refractivity contribution in [3.8, 4) is 11.4 Å². The van der Waals surface area contributed by atoms with Gasteiger partial charge in [-0.3, -0.25) is 0 Å². The van der Waals surface area contributed by atoms with E-state index in [9.17, 15) is 5.11 Å². The van der Waals surface area contributed by atoms with Gasteiger partial charge in [-0.05, 0) is 18.2 Å². The number of imidazole rings is 1. The monoisotopic (exact) mass is 325 g/mol. The largest absolute Gasteiger partial charge is 0.398 e. The average molecular weight is 325 g/mol. The van der Waals surface area contributed by atoms with Crippen molar-refractivity contribution < 1.29 is 14.6 Å². The highest BCUT2D eigenvalue weighted by molar-refractivity contribution is 5.86. The maximum Gasteiger partial charge on any atom is 0.186 e. The Hall–Kier alpha value is -2.41. The molecule has 0 amide bonds. The van der Waals surface area contributed by atoms with Crippen LogP contribution in [0.1, 0.15) is 11.9 Å². The lowest BCUT2D eigenvalue weighted by Gasteiger charge is -2.10. The van der Waals surface area contributed by atoms with E-state index in [0.29, 0.717) is 25.4 Å². The fraction of sp³-hybridized carbons (Fsp3) is 0.278.